The van der Waals surface area contributed by atoms with Crippen molar-refractivity contribution in [3.05, 3.63) is 35.7 Å². The summed E-state index contributed by atoms with van der Waals surface area (Å²) in [5, 5.41) is 9.19. The lowest BCUT2D eigenvalue weighted by atomic mass is 9.89. The van der Waals surface area contributed by atoms with E-state index in [1.54, 1.807) is 0 Å². The number of aliphatic carboxylic acids is 1. The molecule has 1 atom stereocenters. The predicted molar refractivity (Wildman–Crippen MR) is 62.9 cm³/mol. The molecule has 0 aliphatic heterocycles. The number of aryl methyl sites for hydroxylation is 1. The molecule has 86 valence electrons. The molecule has 1 N–H and O–H groups in total. The standard InChI is InChI=1S/C13H12N2O2/c16-13(17)8-4-3-7-11-12(8)15-10-6-2-1-5-9(10)14-11/h1-2,5-6,8H,3-4,7H2,(H,16,17). The molecule has 2 aromatic rings. The Balaban J connectivity index is 2.22. The summed E-state index contributed by atoms with van der Waals surface area (Å²) in [6, 6.07) is 7.59. The average Bonchev–Trinajstić information content (AvgIpc) is 2.35. The van der Waals surface area contributed by atoms with Crippen LogP contribution in [0.15, 0.2) is 24.3 Å². The van der Waals surface area contributed by atoms with E-state index in [4.69, 9.17) is 0 Å². The summed E-state index contributed by atoms with van der Waals surface area (Å²) >= 11 is 0. The summed E-state index contributed by atoms with van der Waals surface area (Å²) in [5.74, 6) is -1.29. The maximum Gasteiger partial charge on any atom is 0.312 e. The summed E-state index contributed by atoms with van der Waals surface area (Å²) in [7, 11) is 0. The second-order valence-electron chi connectivity index (χ2n) is 4.33. The Hall–Kier alpha value is -1.97. The number of aromatic nitrogens is 2. The summed E-state index contributed by atoms with van der Waals surface area (Å²) in [6.07, 6.45) is 2.36. The van der Waals surface area contributed by atoms with Gasteiger partial charge in [-0.15, -0.1) is 0 Å². The highest BCUT2D eigenvalue weighted by molar-refractivity contribution is 5.79. The molecular weight excluding hydrogens is 216 g/mol. The maximum absolute atomic E-state index is 11.2. The average molecular weight is 228 g/mol. The number of carboxylic acids is 1. The number of benzene rings is 1. The molecular formula is C13H12N2O2. The largest absolute Gasteiger partial charge is 0.481 e. The lowest BCUT2D eigenvalue weighted by Gasteiger charge is -2.20. The number of para-hydroxylation sites is 2. The van der Waals surface area contributed by atoms with Gasteiger partial charge in [-0.05, 0) is 31.4 Å². The Bertz CT molecular complexity index is 595. The molecule has 0 saturated carbocycles. The summed E-state index contributed by atoms with van der Waals surface area (Å²) in [5.41, 5.74) is 3.13. The van der Waals surface area contributed by atoms with E-state index in [0.29, 0.717) is 12.1 Å². The van der Waals surface area contributed by atoms with Gasteiger partial charge >= 0.3 is 5.97 Å². The number of nitrogens with zero attached hydrogens (tertiary/aromatic N) is 2. The van der Waals surface area contributed by atoms with E-state index in [-0.39, 0.29) is 0 Å². The molecule has 1 heterocycles. The molecule has 0 amide bonds. The zero-order valence-corrected chi connectivity index (χ0v) is 9.26. The number of rotatable bonds is 1. The Kier molecular flexibility index (Phi) is 2.28. The first kappa shape index (κ1) is 10.2. The minimum absolute atomic E-state index is 0.490. The molecule has 17 heavy (non-hydrogen) atoms. The number of hydrogen-bond donors (Lipinski definition) is 1. The van der Waals surface area contributed by atoms with E-state index in [1.165, 1.54) is 0 Å². The molecule has 0 radical (unpaired) electrons. The summed E-state index contributed by atoms with van der Waals surface area (Å²) in [6.45, 7) is 0. The fraction of sp³-hybridized carbons (Fsp3) is 0.308. The van der Waals surface area contributed by atoms with Crippen LogP contribution in [-0.4, -0.2) is 21.0 Å². The molecule has 3 rings (SSSR count). The summed E-state index contributed by atoms with van der Waals surface area (Å²) in [4.78, 5) is 20.2. The Morgan fingerprint density at radius 2 is 1.94 bits per heavy atom. The van der Waals surface area contributed by atoms with Crippen LogP contribution in [0, 0.1) is 0 Å². The van der Waals surface area contributed by atoms with E-state index in [0.717, 1.165) is 29.6 Å². The van der Waals surface area contributed by atoms with Gasteiger partial charge in [0.05, 0.1) is 22.4 Å². The molecule has 4 heteroatoms. The van der Waals surface area contributed by atoms with Crippen LogP contribution >= 0.6 is 0 Å². The second kappa shape index (κ2) is 3.80. The van der Waals surface area contributed by atoms with Gasteiger partial charge in [0.15, 0.2) is 0 Å². The van der Waals surface area contributed by atoms with Crippen molar-refractivity contribution in [3.8, 4) is 0 Å². The van der Waals surface area contributed by atoms with Crippen LogP contribution in [0.3, 0.4) is 0 Å². The molecule has 1 unspecified atom stereocenters. The highest BCUT2D eigenvalue weighted by atomic mass is 16.4. The van der Waals surface area contributed by atoms with Gasteiger partial charge in [0, 0.05) is 0 Å². The van der Waals surface area contributed by atoms with Gasteiger partial charge < -0.3 is 5.11 Å². The normalized spacial score (nSPS) is 18.9. The van der Waals surface area contributed by atoms with Gasteiger partial charge in [-0.25, -0.2) is 9.97 Å². The van der Waals surface area contributed by atoms with Crippen LogP contribution in [0.25, 0.3) is 11.0 Å². The molecule has 0 fully saturated rings. The van der Waals surface area contributed by atoms with E-state index < -0.39 is 11.9 Å². The second-order valence-corrected chi connectivity index (χ2v) is 4.33. The van der Waals surface area contributed by atoms with Crippen molar-refractivity contribution < 1.29 is 9.90 Å². The number of fused-ring (bicyclic) bond motifs is 2. The zero-order valence-electron chi connectivity index (χ0n) is 9.26. The highest BCUT2D eigenvalue weighted by Crippen LogP contribution is 2.30. The van der Waals surface area contributed by atoms with E-state index in [1.807, 2.05) is 24.3 Å². The number of hydrogen-bond acceptors (Lipinski definition) is 3. The van der Waals surface area contributed by atoms with Crippen LogP contribution in [0.5, 0.6) is 0 Å². The van der Waals surface area contributed by atoms with Crippen molar-refractivity contribution in [2.75, 3.05) is 0 Å². The van der Waals surface area contributed by atoms with E-state index in [2.05, 4.69) is 9.97 Å². The molecule has 1 aliphatic rings. The Morgan fingerprint density at radius 1 is 1.24 bits per heavy atom. The fourth-order valence-corrected chi connectivity index (χ4v) is 2.36. The lowest BCUT2D eigenvalue weighted by Crippen LogP contribution is -2.20. The monoisotopic (exact) mass is 228 g/mol. The van der Waals surface area contributed by atoms with Crippen molar-refractivity contribution in [2.45, 2.75) is 25.2 Å². The SMILES string of the molecule is O=C(O)C1CCCc2nc3ccccc3nc21. The van der Waals surface area contributed by atoms with E-state index in [9.17, 15) is 9.90 Å². The number of carbonyl (C=O) groups is 1. The molecule has 0 bridgehead atoms. The van der Waals surface area contributed by atoms with Gasteiger partial charge in [0.1, 0.15) is 5.92 Å². The fourth-order valence-electron chi connectivity index (χ4n) is 2.36. The maximum atomic E-state index is 11.2. The van der Waals surface area contributed by atoms with Gasteiger partial charge in [-0.2, -0.15) is 0 Å². The first-order valence-corrected chi connectivity index (χ1v) is 5.74. The van der Waals surface area contributed by atoms with Crippen LogP contribution in [0.4, 0.5) is 0 Å². The van der Waals surface area contributed by atoms with Crippen molar-refractivity contribution in [2.24, 2.45) is 0 Å². The van der Waals surface area contributed by atoms with Gasteiger partial charge in [0.2, 0.25) is 0 Å². The molecule has 4 nitrogen and oxygen atoms in total. The van der Waals surface area contributed by atoms with Gasteiger partial charge in [-0.1, -0.05) is 12.1 Å². The smallest absolute Gasteiger partial charge is 0.312 e. The van der Waals surface area contributed by atoms with Crippen LogP contribution in [0.1, 0.15) is 30.1 Å². The minimum atomic E-state index is -0.796. The summed E-state index contributed by atoms with van der Waals surface area (Å²) < 4.78 is 0. The first-order valence-electron chi connectivity index (χ1n) is 5.74. The minimum Gasteiger partial charge on any atom is -0.481 e. The van der Waals surface area contributed by atoms with Crippen LogP contribution in [0.2, 0.25) is 0 Å². The predicted octanol–water partition coefficient (Wildman–Crippen LogP) is 2.13. The molecule has 1 aromatic carbocycles. The highest BCUT2D eigenvalue weighted by Gasteiger charge is 2.28. The molecule has 0 saturated heterocycles. The van der Waals surface area contributed by atoms with Crippen molar-refractivity contribution >= 4 is 17.0 Å². The third-order valence-electron chi connectivity index (χ3n) is 3.21. The van der Waals surface area contributed by atoms with Crippen LogP contribution < -0.4 is 0 Å². The molecule has 0 spiro atoms. The van der Waals surface area contributed by atoms with Crippen LogP contribution in [-0.2, 0) is 11.2 Å². The Labute approximate surface area is 98.3 Å². The third-order valence-corrected chi connectivity index (χ3v) is 3.21. The van der Waals surface area contributed by atoms with Gasteiger partial charge in [-0.3, -0.25) is 4.79 Å². The van der Waals surface area contributed by atoms with Crippen molar-refractivity contribution in [3.63, 3.8) is 0 Å². The first-order chi connectivity index (χ1) is 8.25. The topological polar surface area (TPSA) is 63.1 Å². The quantitative estimate of drug-likeness (QED) is 0.812. The van der Waals surface area contributed by atoms with E-state index >= 15 is 0 Å². The molecule has 1 aromatic heterocycles. The third kappa shape index (κ3) is 1.65. The lowest BCUT2D eigenvalue weighted by molar-refractivity contribution is -0.139. The van der Waals surface area contributed by atoms with Gasteiger partial charge in [0.25, 0.3) is 0 Å². The zero-order chi connectivity index (χ0) is 11.8. The Morgan fingerprint density at radius 3 is 2.65 bits per heavy atom. The number of carboxylic acid groups (broad SMARTS) is 1. The van der Waals surface area contributed by atoms with Crippen molar-refractivity contribution in [1.29, 1.82) is 0 Å². The van der Waals surface area contributed by atoms with Crippen molar-refractivity contribution in [1.82, 2.24) is 9.97 Å². The molecule has 1 aliphatic carbocycles.